The number of methoxy groups -OCH3 is 2. The van der Waals surface area contributed by atoms with Gasteiger partial charge in [-0.2, -0.15) is 0 Å². The molecule has 9 heteroatoms. The van der Waals surface area contributed by atoms with Crippen LogP contribution in [-0.2, 0) is 22.1 Å². The lowest BCUT2D eigenvalue weighted by atomic mass is 10.1. The molecule has 8 nitrogen and oxygen atoms in total. The second kappa shape index (κ2) is 9.21. The number of ether oxygens (including phenoxy) is 2. The van der Waals surface area contributed by atoms with E-state index in [9.17, 15) is 13.2 Å². The van der Waals surface area contributed by atoms with Crippen LogP contribution in [0.15, 0.2) is 41.0 Å². The number of urea groups is 1. The summed E-state index contributed by atoms with van der Waals surface area (Å²) in [6.45, 7) is 1.15. The van der Waals surface area contributed by atoms with Crippen LogP contribution in [0.1, 0.15) is 24.2 Å². The lowest BCUT2D eigenvalue weighted by molar-refractivity contribution is 0.186. The smallest absolute Gasteiger partial charge is 0.317 e. The molecule has 0 atom stereocenters. The van der Waals surface area contributed by atoms with Crippen molar-refractivity contribution >= 4 is 15.9 Å². The first kappa shape index (κ1) is 21.0. The summed E-state index contributed by atoms with van der Waals surface area (Å²) in [4.78, 5) is 14.1. The number of furan rings is 1. The van der Waals surface area contributed by atoms with Crippen molar-refractivity contribution in [1.29, 1.82) is 0 Å². The van der Waals surface area contributed by atoms with E-state index in [2.05, 4.69) is 5.32 Å². The molecule has 1 saturated heterocycles. The molecule has 1 N–H and O–H groups in total. The molecule has 0 bridgehead atoms. The molecule has 3 rings (SSSR count). The molecule has 0 aliphatic carbocycles. The highest BCUT2D eigenvalue weighted by molar-refractivity contribution is 7.91. The number of hydrogen-bond donors (Lipinski definition) is 1. The Morgan fingerprint density at radius 3 is 2.52 bits per heavy atom. The quantitative estimate of drug-likeness (QED) is 0.737. The van der Waals surface area contributed by atoms with Crippen LogP contribution in [0.4, 0.5) is 4.79 Å². The van der Waals surface area contributed by atoms with Gasteiger partial charge in [-0.15, -0.1) is 0 Å². The number of sulfone groups is 1. The number of benzene rings is 1. The van der Waals surface area contributed by atoms with Crippen molar-refractivity contribution in [3.63, 3.8) is 0 Å². The third-order valence-electron chi connectivity index (χ3n) is 5.05. The third kappa shape index (κ3) is 5.23. The van der Waals surface area contributed by atoms with Crippen molar-refractivity contribution in [2.24, 2.45) is 0 Å². The molecule has 29 heavy (non-hydrogen) atoms. The topological polar surface area (TPSA) is 98.1 Å². The van der Waals surface area contributed by atoms with Crippen LogP contribution < -0.4 is 14.8 Å². The number of likely N-dealkylation sites (tertiary alicyclic amines) is 1. The molecular formula is C20H26N2O6S. The van der Waals surface area contributed by atoms with Crippen LogP contribution in [0.3, 0.4) is 0 Å². The molecule has 1 aliphatic heterocycles. The fourth-order valence-electron chi connectivity index (χ4n) is 3.41. The largest absolute Gasteiger partial charge is 0.493 e. The van der Waals surface area contributed by atoms with Gasteiger partial charge in [0.1, 0.15) is 11.5 Å². The average molecular weight is 423 g/mol. The van der Waals surface area contributed by atoms with E-state index in [4.69, 9.17) is 13.9 Å². The first-order valence-electron chi connectivity index (χ1n) is 9.40. The van der Waals surface area contributed by atoms with Crippen LogP contribution in [0.25, 0.3) is 0 Å². The minimum Gasteiger partial charge on any atom is -0.493 e. The van der Waals surface area contributed by atoms with Crippen LogP contribution in [-0.4, -0.2) is 51.9 Å². The van der Waals surface area contributed by atoms with Gasteiger partial charge in [0.05, 0.1) is 25.7 Å². The van der Waals surface area contributed by atoms with E-state index in [0.29, 0.717) is 49.7 Å². The highest BCUT2D eigenvalue weighted by atomic mass is 32.2. The van der Waals surface area contributed by atoms with E-state index in [-0.39, 0.29) is 11.8 Å². The average Bonchev–Trinajstić information content (AvgIpc) is 3.24. The number of carbonyl (C=O) groups excluding carboxylic acids is 1. The number of nitrogens with zero attached hydrogens (tertiary/aromatic N) is 1. The fourth-order valence-corrected chi connectivity index (χ4v) is 5.13. The second-order valence-corrected chi connectivity index (χ2v) is 9.20. The molecular weight excluding hydrogens is 396 g/mol. The molecule has 2 amide bonds. The van der Waals surface area contributed by atoms with Gasteiger partial charge in [0.15, 0.2) is 21.3 Å². The monoisotopic (exact) mass is 422 g/mol. The maximum Gasteiger partial charge on any atom is 0.317 e. The molecule has 2 aromatic rings. The number of hydrogen-bond acceptors (Lipinski definition) is 6. The predicted molar refractivity (Wildman–Crippen MR) is 108 cm³/mol. The van der Waals surface area contributed by atoms with E-state index in [1.54, 1.807) is 37.3 Å². The molecule has 0 unspecified atom stereocenters. The summed E-state index contributed by atoms with van der Waals surface area (Å²) in [5.41, 5.74) is 0.881. The van der Waals surface area contributed by atoms with E-state index in [1.165, 1.54) is 6.26 Å². The van der Waals surface area contributed by atoms with Gasteiger partial charge in [0.25, 0.3) is 0 Å². The van der Waals surface area contributed by atoms with E-state index in [1.807, 2.05) is 12.1 Å². The summed E-state index contributed by atoms with van der Waals surface area (Å²) in [7, 11) is -0.176. The van der Waals surface area contributed by atoms with Crippen LogP contribution in [0.5, 0.6) is 11.5 Å². The summed E-state index contributed by atoms with van der Waals surface area (Å²) in [6, 6.07) is 8.59. The van der Waals surface area contributed by atoms with Gasteiger partial charge in [-0.3, -0.25) is 0 Å². The molecule has 1 fully saturated rings. The summed E-state index contributed by atoms with van der Waals surface area (Å²) >= 11 is 0. The number of piperidine rings is 1. The van der Waals surface area contributed by atoms with Crippen LogP contribution in [0, 0.1) is 0 Å². The molecule has 1 aliphatic rings. The number of amides is 2. The zero-order chi connectivity index (χ0) is 20.9. The van der Waals surface area contributed by atoms with E-state index in [0.717, 1.165) is 5.56 Å². The first-order chi connectivity index (χ1) is 13.9. The number of carbonyl (C=O) groups is 1. The standard InChI is InChI=1S/C20H26N2O6S/c1-26-18-6-5-15(12-19(18)27-2)13-21-20(23)22-9-7-17(8-10-22)29(24,25)14-16-4-3-11-28-16/h3-6,11-12,17H,7-10,13-14H2,1-2H3,(H,21,23). The molecule has 2 heterocycles. The Kier molecular flexibility index (Phi) is 6.68. The highest BCUT2D eigenvalue weighted by Gasteiger charge is 2.32. The molecule has 0 radical (unpaired) electrons. The van der Waals surface area contributed by atoms with Gasteiger partial charge in [-0.05, 0) is 42.7 Å². The third-order valence-corrected chi connectivity index (χ3v) is 7.23. The van der Waals surface area contributed by atoms with Crippen molar-refractivity contribution in [1.82, 2.24) is 10.2 Å². The first-order valence-corrected chi connectivity index (χ1v) is 11.1. The zero-order valence-corrected chi connectivity index (χ0v) is 17.4. The van der Waals surface area contributed by atoms with Crippen molar-refractivity contribution in [3.8, 4) is 11.5 Å². The Hall–Kier alpha value is -2.68. The van der Waals surface area contributed by atoms with Crippen molar-refractivity contribution in [2.75, 3.05) is 27.3 Å². The normalized spacial score (nSPS) is 15.2. The van der Waals surface area contributed by atoms with Crippen LogP contribution in [0.2, 0.25) is 0 Å². The van der Waals surface area contributed by atoms with Gasteiger partial charge in [-0.1, -0.05) is 6.07 Å². The zero-order valence-electron chi connectivity index (χ0n) is 16.6. The summed E-state index contributed by atoms with van der Waals surface area (Å²) in [6.07, 6.45) is 2.32. The van der Waals surface area contributed by atoms with Crippen molar-refractivity contribution in [2.45, 2.75) is 30.4 Å². The van der Waals surface area contributed by atoms with Crippen LogP contribution >= 0.6 is 0 Å². The SMILES string of the molecule is COc1ccc(CNC(=O)N2CCC(S(=O)(=O)Cc3ccco3)CC2)cc1OC. The lowest BCUT2D eigenvalue weighted by Gasteiger charge is -2.31. The van der Waals surface area contributed by atoms with Gasteiger partial charge < -0.3 is 24.1 Å². The number of rotatable bonds is 7. The molecule has 1 aromatic carbocycles. The van der Waals surface area contributed by atoms with E-state index >= 15 is 0 Å². The molecule has 1 aromatic heterocycles. The predicted octanol–water partition coefficient (Wildman–Crippen LogP) is 2.59. The van der Waals surface area contributed by atoms with Gasteiger partial charge in [-0.25, -0.2) is 13.2 Å². The summed E-state index contributed by atoms with van der Waals surface area (Å²) in [5, 5.41) is 2.42. The van der Waals surface area contributed by atoms with Gasteiger partial charge in [0.2, 0.25) is 0 Å². The van der Waals surface area contributed by atoms with Gasteiger partial charge >= 0.3 is 6.03 Å². The Balaban J connectivity index is 1.50. The Labute approximate surface area is 170 Å². The maximum absolute atomic E-state index is 12.6. The van der Waals surface area contributed by atoms with Gasteiger partial charge in [0, 0.05) is 19.6 Å². The lowest BCUT2D eigenvalue weighted by Crippen LogP contribution is -2.46. The number of nitrogens with one attached hydrogen (secondary N) is 1. The Morgan fingerprint density at radius 1 is 1.17 bits per heavy atom. The summed E-state index contributed by atoms with van der Waals surface area (Å²) < 4.78 is 40.7. The molecule has 0 saturated carbocycles. The van der Waals surface area contributed by atoms with Crippen molar-refractivity contribution < 1.29 is 27.1 Å². The van der Waals surface area contributed by atoms with E-state index < -0.39 is 15.1 Å². The minimum atomic E-state index is -3.30. The summed E-state index contributed by atoms with van der Waals surface area (Å²) in [5.74, 6) is 1.57. The Bertz CT molecular complexity index is 918. The fraction of sp³-hybridized carbons (Fsp3) is 0.450. The minimum absolute atomic E-state index is 0.101. The second-order valence-electron chi connectivity index (χ2n) is 6.92. The highest BCUT2D eigenvalue weighted by Crippen LogP contribution is 2.27. The molecule has 158 valence electrons. The Morgan fingerprint density at radius 2 is 1.90 bits per heavy atom. The van der Waals surface area contributed by atoms with Crippen molar-refractivity contribution in [3.05, 3.63) is 47.9 Å². The molecule has 0 spiro atoms. The maximum atomic E-state index is 12.6.